The van der Waals surface area contributed by atoms with Crippen LogP contribution in [0.2, 0.25) is 0 Å². The lowest BCUT2D eigenvalue weighted by Crippen LogP contribution is -2.19. The molecule has 1 atom stereocenters. The Morgan fingerprint density at radius 3 is 2.50 bits per heavy atom. The fourth-order valence-electron chi connectivity index (χ4n) is 1.74. The molecule has 1 unspecified atom stereocenters. The van der Waals surface area contributed by atoms with E-state index in [4.69, 9.17) is 0 Å². The second kappa shape index (κ2) is 6.99. The molecule has 0 radical (unpaired) electrons. The summed E-state index contributed by atoms with van der Waals surface area (Å²) in [5.41, 5.74) is -3.76. The molecular weight excluding hydrogens is 266 g/mol. The summed E-state index contributed by atoms with van der Waals surface area (Å²) in [6.07, 6.45) is 0.284. The van der Waals surface area contributed by atoms with E-state index in [0.29, 0.717) is 12.1 Å². The fourth-order valence-corrected chi connectivity index (χ4v) is 2.37. The second-order valence-corrected chi connectivity index (χ2v) is 5.02. The molecule has 0 aliphatic heterocycles. The van der Waals surface area contributed by atoms with Gasteiger partial charge in [-0.25, -0.2) is 4.39 Å². The maximum absolute atomic E-state index is 13.6. The average Bonchev–Trinajstić information content (AvgIpc) is 2.27. The van der Waals surface area contributed by atoms with Crippen molar-refractivity contribution in [2.24, 2.45) is 0 Å². The number of hydrogen-bond donors (Lipinski definition) is 1. The second-order valence-electron chi connectivity index (χ2n) is 3.86. The smallest absolute Gasteiger partial charge is 0.319 e. The van der Waals surface area contributed by atoms with E-state index in [-0.39, 0.29) is 35.7 Å². The Kier molecular flexibility index (Phi) is 5.95. The van der Waals surface area contributed by atoms with Crippen LogP contribution in [-0.2, 0) is 0 Å². The van der Waals surface area contributed by atoms with Crippen LogP contribution in [0.3, 0.4) is 0 Å². The van der Waals surface area contributed by atoms with Crippen LogP contribution in [0.1, 0.15) is 17.9 Å². The molecule has 0 saturated carbocycles. The molecule has 102 valence electrons. The summed E-state index contributed by atoms with van der Waals surface area (Å²) in [4.78, 5) is 0. The van der Waals surface area contributed by atoms with Gasteiger partial charge >= 0.3 is 5.51 Å². The number of thioether (sulfide) groups is 1. The Balaban J connectivity index is 2.63. The predicted molar refractivity (Wildman–Crippen MR) is 66.2 cm³/mol. The highest BCUT2D eigenvalue weighted by Crippen LogP contribution is 2.33. The van der Waals surface area contributed by atoms with E-state index in [9.17, 15) is 17.6 Å². The number of alkyl halides is 3. The van der Waals surface area contributed by atoms with Crippen LogP contribution in [-0.4, -0.2) is 24.9 Å². The van der Waals surface area contributed by atoms with Crippen molar-refractivity contribution in [3.8, 4) is 0 Å². The van der Waals surface area contributed by atoms with Gasteiger partial charge in [-0.2, -0.15) is 13.2 Å². The zero-order valence-electron chi connectivity index (χ0n) is 9.93. The molecule has 0 aliphatic rings. The SMILES string of the molecule is CNCC(CCSC(F)(F)F)c1ccccc1F. The van der Waals surface area contributed by atoms with E-state index >= 15 is 0 Å². The minimum Gasteiger partial charge on any atom is -0.319 e. The number of benzene rings is 1. The van der Waals surface area contributed by atoms with Crippen LogP contribution >= 0.6 is 11.8 Å². The average molecular weight is 281 g/mol. The van der Waals surface area contributed by atoms with Crippen molar-refractivity contribution in [2.45, 2.75) is 17.8 Å². The van der Waals surface area contributed by atoms with Crippen LogP contribution in [0.25, 0.3) is 0 Å². The van der Waals surface area contributed by atoms with E-state index in [1.807, 2.05) is 0 Å². The van der Waals surface area contributed by atoms with Crippen molar-refractivity contribution in [2.75, 3.05) is 19.3 Å². The van der Waals surface area contributed by atoms with Gasteiger partial charge < -0.3 is 5.32 Å². The molecule has 0 bridgehead atoms. The number of likely N-dealkylation sites (N-methyl/N-ethyl adjacent to an activating group) is 1. The zero-order valence-corrected chi connectivity index (χ0v) is 10.7. The Morgan fingerprint density at radius 1 is 1.28 bits per heavy atom. The van der Waals surface area contributed by atoms with Crippen LogP contribution in [0.15, 0.2) is 24.3 Å². The van der Waals surface area contributed by atoms with Gasteiger partial charge in [0.15, 0.2) is 0 Å². The molecule has 0 heterocycles. The van der Waals surface area contributed by atoms with Crippen LogP contribution in [0.4, 0.5) is 17.6 Å². The summed E-state index contributed by atoms with van der Waals surface area (Å²) in [6, 6.07) is 6.21. The molecule has 18 heavy (non-hydrogen) atoms. The molecular formula is C12H15F4NS. The summed E-state index contributed by atoms with van der Waals surface area (Å²) < 4.78 is 49.7. The van der Waals surface area contributed by atoms with Gasteiger partial charge in [-0.3, -0.25) is 0 Å². The third kappa shape index (κ3) is 5.27. The fraction of sp³-hybridized carbons (Fsp3) is 0.500. The summed E-state index contributed by atoms with van der Waals surface area (Å²) >= 11 is -0.0619. The van der Waals surface area contributed by atoms with Gasteiger partial charge in [-0.05, 0) is 25.1 Å². The quantitative estimate of drug-likeness (QED) is 0.797. The highest BCUT2D eigenvalue weighted by molar-refractivity contribution is 8.00. The Labute approximate surface area is 108 Å². The molecule has 0 amide bonds. The first kappa shape index (κ1) is 15.3. The molecule has 1 rings (SSSR count). The maximum atomic E-state index is 13.6. The van der Waals surface area contributed by atoms with Crippen LogP contribution in [0.5, 0.6) is 0 Å². The zero-order chi connectivity index (χ0) is 13.6. The molecule has 1 N–H and O–H groups in total. The van der Waals surface area contributed by atoms with E-state index in [1.54, 1.807) is 25.2 Å². The van der Waals surface area contributed by atoms with Gasteiger partial charge in [0.1, 0.15) is 5.82 Å². The lowest BCUT2D eigenvalue weighted by atomic mass is 9.96. The van der Waals surface area contributed by atoms with Crippen molar-refractivity contribution in [3.63, 3.8) is 0 Å². The molecule has 6 heteroatoms. The van der Waals surface area contributed by atoms with E-state index in [0.717, 1.165) is 0 Å². The lowest BCUT2D eigenvalue weighted by molar-refractivity contribution is -0.0328. The third-order valence-corrected chi connectivity index (χ3v) is 3.29. The molecule has 1 aromatic carbocycles. The molecule has 0 spiro atoms. The summed E-state index contributed by atoms with van der Waals surface area (Å²) in [5, 5.41) is 2.88. The third-order valence-electron chi connectivity index (χ3n) is 2.53. The van der Waals surface area contributed by atoms with E-state index in [2.05, 4.69) is 5.32 Å². The van der Waals surface area contributed by atoms with E-state index < -0.39 is 5.51 Å². The van der Waals surface area contributed by atoms with Gasteiger partial charge in [0.25, 0.3) is 0 Å². The maximum Gasteiger partial charge on any atom is 0.441 e. The Hall–Kier alpha value is -0.750. The minimum absolute atomic E-state index is 0.0619. The predicted octanol–water partition coefficient (Wildman–Crippen LogP) is 3.77. The lowest BCUT2D eigenvalue weighted by Gasteiger charge is -2.17. The summed E-state index contributed by atoms with van der Waals surface area (Å²) in [5.74, 6) is -0.676. The van der Waals surface area contributed by atoms with Gasteiger partial charge in [0.2, 0.25) is 0 Å². The van der Waals surface area contributed by atoms with Gasteiger partial charge in [0.05, 0.1) is 0 Å². The molecule has 1 nitrogen and oxygen atoms in total. The van der Waals surface area contributed by atoms with Gasteiger partial charge in [-0.15, -0.1) is 0 Å². The highest BCUT2D eigenvalue weighted by Gasteiger charge is 2.28. The number of hydrogen-bond acceptors (Lipinski definition) is 2. The van der Waals surface area contributed by atoms with Crippen molar-refractivity contribution in [3.05, 3.63) is 35.6 Å². The number of rotatable bonds is 6. The van der Waals surface area contributed by atoms with Crippen LogP contribution in [0, 0.1) is 5.82 Å². The Morgan fingerprint density at radius 2 is 1.94 bits per heavy atom. The molecule has 0 aromatic heterocycles. The standard InChI is InChI=1S/C12H15F4NS/c1-17-8-9(6-7-18-12(14,15)16)10-4-2-3-5-11(10)13/h2-5,9,17H,6-8H2,1H3. The normalized spacial score (nSPS) is 13.6. The highest BCUT2D eigenvalue weighted by atomic mass is 32.2. The molecule has 1 aromatic rings. The number of halogens is 4. The minimum atomic E-state index is -4.22. The summed E-state index contributed by atoms with van der Waals surface area (Å²) in [6.45, 7) is 0.458. The van der Waals surface area contributed by atoms with Crippen molar-refractivity contribution >= 4 is 11.8 Å². The first-order valence-corrected chi connectivity index (χ1v) is 6.52. The summed E-state index contributed by atoms with van der Waals surface area (Å²) in [7, 11) is 1.70. The van der Waals surface area contributed by atoms with Crippen LogP contribution < -0.4 is 5.32 Å². The van der Waals surface area contributed by atoms with Gasteiger partial charge in [0, 0.05) is 18.2 Å². The first-order valence-electron chi connectivity index (χ1n) is 5.53. The molecule has 0 fully saturated rings. The topological polar surface area (TPSA) is 12.0 Å². The van der Waals surface area contributed by atoms with E-state index in [1.165, 1.54) is 6.07 Å². The first-order chi connectivity index (χ1) is 8.44. The van der Waals surface area contributed by atoms with Crippen molar-refractivity contribution in [1.82, 2.24) is 5.32 Å². The monoisotopic (exact) mass is 281 g/mol. The molecule has 0 aliphatic carbocycles. The largest absolute Gasteiger partial charge is 0.441 e. The molecule has 0 saturated heterocycles. The van der Waals surface area contributed by atoms with Crippen molar-refractivity contribution < 1.29 is 17.6 Å². The number of nitrogens with one attached hydrogen (secondary N) is 1. The van der Waals surface area contributed by atoms with Gasteiger partial charge in [-0.1, -0.05) is 30.0 Å². The Bertz CT molecular complexity index is 367. The van der Waals surface area contributed by atoms with Crippen molar-refractivity contribution in [1.29, 1.82) is 0 Å².